The van der Waals surface area contributed by atoms with E-state index in [-0.39, 0.29) is 0 Å². The van der Waals surface area contributed by atoms with Gasteiger partial charge in [-0.2, -0.15) is 0 Å². The number of nitrogens with two attached hydrogens (primary N) is 1. The number of benzene rings is 1. The van der Waals surface area contributed by atoms with Crippen molar-refractivity contribution in [3.8, 4) is 11.4 Å². The summed E-state index contributed by atoms with van der Waals surface area (Å²) >= 11 is 0. The van der Waals surface area contributed by atoms with Gasteiger partial charge in [0.25, 0.3) is 0 Å². The summed E-state index contributed by atoms with van der Waals surface area (Å²) in [6.45, 7) is 2.73. The first-order valence-electron chi connectivity index (χ1n) is 5.54. The fourth-order valence-corrected chi connectivity index (χ4v) is 1.73. The van der Waals surface area contributed by atoms with E-state index in [2.05, 4.69) is 15.3 Å². The van der Waals surface area contributed by atoms with Gasteiger partial charge in [0.15, 0.2) is 5.82 Å². The van der Waals surface area contributed by atoms with Crippen LogP contribution in [-0.4, -0.2) is 17.0 Å². The van der Waals surface area contributed by atoms with E-state index < -0.39 is 0 Å². The van der Waals surface area contributed by atoms with Crippen LogP contribution in [0.25, 0.3) is 11.4 Å². The summed E-state index contributed by atoms with van der Waals surface area (Å²) in [5.74, 6) is 1.19. The Morgan fingerprint density at radius 1 is 1.24 bits per heavy atom. The van der Waals surface area contributed by atoms with Crippen molar-refractivity contribution in [3.63, 3.8) is 0 Å². The van der Waals surface area contributed by atoms with Crippen molar-refractivity contribution >= 4 is 5.82 Å². The van der Waals surface area contributed by atoms with Gasteiger partial charge in [-0.3, -0.25) is 0 Å². The van der Waals surface area contributed by atoms with Crippen LogP contribution in [0.2, 0.25) is 0 Å². The molecule has 0 bridgehead atoms. The molecule has 4 heteroatoms. The minimum absolute atomic E-state index is 0.503. The molecule has 2 rings (SSSR count). The molecule has 2 aromatic rings. The predicted octanol–water partition coefficient (Wildman–Crippen LogP) is 1.75. The highest BCUT2D eigenvalue weighted by Gasteiger charge is 2.07. The highest BCUT2D eigenvalue weighted by Crippen LogP contribution is 2.20. The summed E-state index contributed by atoms with van der Waals surface area (Å²) in [6, 6.07) is 9.82. The number of nitrogens with one attached hydrogen (secondary N) is 1. The van der Waals surface area contributed by atoms with E-state index in [0.717, 1.165) is 16.8 Å². The molecule has 0 saturated carbocycles. The van der Waals surface area contributed by atoms with E-state index in [4.69, 9.17) is 5.73 Å². The molecule has 0 fully saturated rings. The maximum absolute atomic E-state index is 5.80. The van der Waals surface area contributed by atoms with E-state index in [1.807, 2.05) is 38.2 Å². The topological polar surface area (TPSA) is 63.8 Å². The molecule has 0 amide bonds. The zero-order chi connectivity index (χ0) is 12.3. The van der Waals surface area contributed by atoms with Gasteiger partial charge in [0, 0.05) is 18.2 Å². The molecule has 3 N–H and O–H groups in total. The number of aryl methyl sites for hydroxylation is 1. The van der Waals surface area contributed by atoms with Crippen LogP contribution in [-0.2, 0) is 6.54 Å². The Labute approximate surface area is 101 Å². The second-order valence-corrected chi connectivity index (χ2v) is 3.95. The molecule has 0 aliphatic carbocycles. The number of nitrogen functional groups attached to an aromatic ring is 1. The van der Waals surface area contributed by atoms with Gasteiger partial charge < -0.3 is 11.1 Å². The van der Waals surface area contributed by atoms with Crippen molar-refractivity contribution in [1.82, 2.24) is 15.3 Å². The second kappa shape index (κ2) is 4.93. The van der Waals surface area contributed by atoms with Gasteiger partial charge in [-0.25, -0.2) is 9.97 Å². The number of nitrogens with zero attached hydrogens (tertiary/aromatic N) is 2. The van der Waals surface area contributed by atoms with Gasteiger partial charge in [0.2, 0.25) is 0 Å². The number of anilines is 1. The highest BCUT2D eigenvalue weighted by atomic mass is 15.0. The molecule has 0 radical (unpaired) electrons. The van der Waals surface area contributed by atoms with Crippen molar-refractivity contribution in [2.45, 2.75) is 13.5 Å². The predicted molar refractivity (Wildman–Crippen MR) is 69.4 cm³/mol. The first kappa shape index (κ1) is 11.5. The van der Waals surface area contributed by atoms with Gasteiger partial charge in [0.1, 0.15) is 5.82 Å². The molecule has 0 aliphatic rings. The summed E-state index contributed by atoms with van der Waals surface area (Å²) < 4.78 is 0. The smallest absolute Gasteiger partial charge is 0.162 e. The standard InChI is InChI=1S/C13H16N4/c1-9-5-3-4-6-11(9)13-16-10(8-15-2)7-12(14)17-13/h3-7,15H,8H2,1-2H3,(H2,14,16,17). The molecule has 17 heavy (non-hydrogen) atoms. The number of rotatable bonds is 3. The van der Waals surface area contributed by atoms with Crippen molar-refractivity contribution < 1.29 is 0 Å². The first-order valence-corrected chi connectivity index (χ1v) is 5.54. The molecule has 4 nitrogen and oxygen atoms in total. The summed E-state index contributed by atoms with van der Waals surface area (Å²) in [6.07, 6.45) is 0. The van der Waals surface area contributed by atoms with E-state index in [0.29, 0.717) is 18.2 Å². The number of hydrogen-bond acceptors (Lipinski definition) is 4. The molecule has 0 unspecified atom stereocenters. The van der Waals surface area contributed by atoms with Gasteiger partial charge in [-0.1, -0.05) is 24.3 Å². The second-order valence-electron chi connectivity index (χ2n) is 3.95. The molecule has 0 saturated heterocycles. The summed E-state index contributed by atoms with van der Waals surface area (Å²) in [7, 11) is 1.88. The quantitative estimate of drug-likeness (QED) is 0.840. The van der Waals surface area contributed by atoms with Gasteiger partial charge in [-0.15, -0.1) is 0 Å². The van der Waals surface area contributed by atoms with E-state index >= 15 is 0 Å². The lowest BCUT2D eigenvalue weighted by Gasteiger charge is -2.07. The Hall–Kier alpha value is -1.94. The van der Waals surface area contributed by atoms with Gasteiger partial charge in [-0.05, 0) is 19.5 Å². The minimum Gasteiger partial charge on any atom is -0.384 e. The molecule has 1 heterocycles. The number of aromatic nitrogens is 2. The van der Waals surface area contributed by atoms with Crippen molar-refractivity contribution in [2.24, 2.45) is 0 Å². The summed E-state index contributed by atoms with van der Waals surface area (Å²) in [5.41, 5.74) is 8.87. The maximum Gasteiger partial charge on any atom is 0.162 e. The average Bonchev–Trinajstić information content (AvgIpc) is 2.29. The fraction of sp³-hybridized carbons (Fsp3) is 0.231. The molecular formula is C13H16N4. The average molecular weight is 228 g/mol. The Balaban J connectivity index is 2.48. The van der Waals surface area contributed by atoms with Gasteiger partial charge >= 0.3 is 0 Å². The SMILES string of the molecule is CNCc1cc(N)nc(-c2ccccc2C)n1. The van der Waals surface area contributed by atoms with E-state index in [1.165, 1.54) is 0 Å². The van der Waals surface area contributed by atoms with Crippen LogP contribution in [0.3, 0.4) is 0 Å². The minimum atomic E-state index is 0.503. The Morgan fingerprint density at radius 2 is 2.00 bits per heavy atom. The zero-order valence-corrected chi connectivity index (χ0v) is 10.1. The molecule has 1 aromatic carbocycles. The lowest BCUT2D eigenvalue weighted by molar-refractivity contribution is 0.788. The number of hydrogen-bond donors (Lipinski definition) is 2. The third-order valence-corrected chi connectivity index (χ3v) is 2.54. The van der Waals surface area contributed by atoms with Crippen LogP contribution in [0.15, 0.2) is 30.3 Å². The third-order valence-electron chi connectivity index (χ3n) is 2.54. The summed E-state index contributed by atoms with van der Waals surface area (Å²) in [4.78, 5) is 8.79. The highest BCUT2D eigenvalue weighted by molar-refractivity contribution is 5.61. The molecule has 0 aliphatic heterocycles. The van der Waals surface area contributed by atoms with E-state index in [1.54, 1.807) is 6.07 Å². The zero-order valence-electron chi connectivity index (χ0n) is 10.1. The summed E-state index contributed by atoms with van der Waals surface area (Å²) in [5, 5.41) is 3.06. The molecule has 88 valence electrons. The van der Waals surface area contributed by atoms with Gasteiger partial charge in [0.05, 0.1) is 5.69 Å². The Bertz CT molecular complexity index is 523. The third kappa shape index (κ3) is 2.60. The van der Waals surface area contributed by atoms with Crippen LogP contribution in [0.4, 0.5) is 5.82 Å². The lowest BCUT2D eigenvalue weighted by atomic mass is 10.1. The monoisotopic (exact) mass is 228 g/mol. The lowest BCUT2D eigenvalue weighted by Crippen LogP contribution is -2.09. The van der Waals surface area contributed by atoms with Crippen molar-refractivity contribution in [3.05, 3.63) is 41.6 Å². The van der Waals surface area contributed by atoms with Crippen LogP contribution in [0, 0.1) is 6.92 Å². The van der Waals surface area contributed by atoms with Crippen molar-refractivity contribution in [2.75, 3.05) is 12.8 Å². The normalized spacial score (nSPS) is 10.5. The molecule has 0 spiro atoms. The van der Waals surface area contributed by atoms with Crippen LogP contribution in [0.5, 0.6) is 0 Å². The Kier molecular flexibility index (Phi) is 3.35. The van der Waals surface area contributed by atoms with Crippen LogP contribution >= 0.6 is 0 Å². The molecule has 1 aromatic heterocycles. The largest absolute Gasteiger partial charge is 0.384 e. The van der Waals surface area contributed by atoms with Crippen molar-refractivity contribution in [1.29, 1.82) is 0 Å². The molecular weight excluding hydrogens is 212 g/mol. The fourth-order valence-electron chi connectivity index (χ4n) is 1.73. The molecule has 0 atom stereocenters. The van der Waals surface area contributed by atoms with Crippen LogP contribution in [0.1, 0.15) is 11.3 Å². The van der Waals surface area contributed by atoms with E-state index in [9.17, 15) is 0 Å². The van der Waals surface area contributed by atoms with Crippen LogP contribution < -0.4 is 11.1 Å². The maximum atomic E-state index is 5.80. The first-order chi connectivity index (χ1) is 8.20. The Morgan fingerprint density at radius 3 is 2.71 bits per heavy atom.